The first-order chi connectivity index (χ1) is 10.1. The Hall–Kier alpha value is -2.37. The van der Waals surface area contributed by atoms with E-state index in [0.717, 1.165) is 12.5 Å². The minimum atomic E-state index is -0.863. The summed E-state index contributed by atoms with van der Waals surface area (Å²) < 4.78 is 37.7. The quantitative estimate of drug-likeness (QED) is 0.875. The summed E-state index contributed by atoms with van der Waals surface area (Å²) in [5, 5.41) is 2.53. The topological polar surface area (TPSA) is 43.4 Å². The van der Waals surface area contributed by atoms with Crippen LogP contribution >= 0.6 is 0 Å². The molecule has 0 bridgehead atoms. The van der Waals surface area contributed by atoms with Gasteiger partial charge in [-0.15, -0.1) is 0 Å². The standard InChI is InChI=1S/C15H16F2N2O2/c1-3-8-20-10-4-6-11(7-5-10)21-15-13(17)9-12(16)14(18-2)19-15/h4-7,9H,3,8H2,1-2H3,(H,18,19). The molecule has 1 aromatic heterocycles. The summed E-state index contributed by atoms with van der Waals surface area (Å²) >= 11 is 0. The largest absolute Gasteiger partial charge is 0.494 e. The van der Waals surface area contributed by atoms with Gasteiger partial charge in [-0.3, -0.25) is 0 Å². The molecule has 1 aromatic carbocycles. The second kappa shape index (κ2) is 6.88. The average Bonchev–Trinajstić information content (AvgIpc) is 2.49. The van der Waals surface area contributed by atoms with Gasteiger partial charge >= 0.3 is 0 Å². The summed E-state index contributed by atoms with van der Waals surface area (Å²) in [5.74, 6) is -0.910. The molecule has 0 saturated heterocycles. The molecule has 0 aliphatic rings. The number of aromatic nitrogens is 1. The zero-order valence-corrected chi connectivity index (χ0v) is 11.8. The SMILES string of the molecule is CCCOc1ccc(Oc2nc(NC)c(F)cc2F)cc1. The molecule has 0 aliphatic heterocycles. The minimum absolute atomic E-state index is 0.0747. The van der Waals surface area contributed by atoms with Crippen LogP contribution in [0.4, 0.5) is 14.6 Å². The van der Waals surface area contributed by atoms with Crippen LogP contribution in [0.3, 0.4) is 0 Å². The molecule has 0 saturated carbocycles. The maximum absolute atomic E-state index is 13.6. The molecule has 0 fully saturated rings. The van der Waals surface area contributed by atoms with Crippen LogP contribution in [0.5, 0.6) is 17.4 Å². The van der Waals surface area contributed by atoms with Gasteiger partial charge in [-0.25, -0.2) is 8.78 Å². The van der Waals surface area contributed by atoms with E-state index >= 15 is 0 Å². The van der Waals surface area contributed by atoms with E-state index in [-0.39, 0.29) is 11.7 Å². The lowest BCUT2D eigenvalue weighted by atomic mass is 10.3. The monoisotopic (exact) mass is 294 g/mol. The van der Waals surface area contributed by atoms with E-state index in [1.807, 2.05) is 6.92 Å². The van der Waals surface area contributed by atoms with Crippen LogP contribution in [-0.4, -0.2) is 18.6 Å². The van der Waals surface area contributed by atoms with Crippen molar-refractivity contribution in [3.8, 4) is 17.4 Å². The average molecular weight is 294 g/mol. The predicted octanol–water partition coefficient (Wildman–Crippen LogP) is 3.98. The number of anilines is 1. The van der Waals surface area contributed by atoms with E-state index in [1.54, 1.807) is 24.3 Å². The molecule has 6 heteroatoms. The fourth-order valence-electron chi connectivity index (χ4n) is 1.63. The van der Waals surface area contributed by atoms with Crippen molar-refractivity contribution in [3.05, 3.63) is 42.0 Å². The van der Waals surface area contributed by atoms with Gasteiger partial charge in [0, 0.05) is 13.1 Å². The Bertz CT molecular complexity index is 603. The first-order valence-electron chi connectivity index (χ1n) is 6.58. The Morgan fingerprint density at radius 1 is 1.10 bits per heavy atom. The molecular weight excluding hydrogens is 278 g/mol. The number of hydrogen-bond donors (Lipinski definition) is 1. The van der Waals surface area contributed by atoms with Crippen molar-refractivity contribution in [3.63, 3.8) is 0 Å². The number of rotatable bonds is 6. The Labute approximate surface area is 121 Å². The molecule has 4 nitrogen and oxygen atoms in total. The summed E-state index contributed by atoms with van der Waals surface area (Å²) in [7, 11) is 1.49. The summed E-state index contributed by atoms with van der Waals surface area (Å²) in [6.45, 7) is 2.64. The van der Waals surface area contributed by atoms with Gasteiger partial charge in [0.1, 0.15) is 11.5 Å². The Morgan fingerprint density at radius 3 is 2.38 bits per heavy atom. The highest BCUT2D eigenvalue weighted by Gasteiger charge is 2.13. The lowest BCUT2D eigenvalue weighted by Crippen LogP contribution is -2.01. The number of pyridine rings is 1. The Morgan fingerprint density at radius 2 is 1.76 bits per heavy atom. The van der Waals surface area contributed by atoms with Crippen molar-refractivity contribution in [1.29, 1.82) is 0 Å². The van der Waals surface area contributed by atoms with Gasteiger partial charge in [-0.05, 0) is 30.7 Å². The van der Waals surface area contributed by atoms with Crippen LogP contribution in [-0.2, 0) is 0 Å². The lowest BCUT2D eigenvalue weighted by molar-refractivity contribution is 0.317. The molecule has 1 N–H and O–H groups in total. The minimum Gasteiger partial charge on any atom is -0.494 e. The fourth-order valence-corrected chi connectivity index (χ4v) is 1.63. The number of ether oxygens (including phenoxy) is 2. The van der Waals surface area contributed by atoms with E-state index in [9.17, 15) is 8.78 Å². The van der Waals surface area contributed by atoms with Gasteiger partial charge in [0.05, 0.1) is 6.61 Å². The maximum Gasteiger partial charge on any atom is 0.258 e. The predicted molar refractivity (Wildman–Crippen MR) is 76.0 cm³/mol. The van der Waals surface area contributed by atoms with Crippen molar-refractivity contribution in [2.24, 2.45) is 0 Å². The first-order valence-corrected chi connectivity index (χ1v) is 6.58. The highest BCUT2D eigenvalue weighted by molar-refractivity contribution is 5.41. The smallest absolute Gasteiger partial charge is 0.258 e. The van der Waals surface area contributed by atoms with Gasteiger partial charge in [0.2, 0.25) is 0 Å². The molecule has 0 atom stereocenters. The van der Waals surface area contributed by atoms with Crippen molar-refractivity contribution in [2.45, 2.75) is 13.3 Å². The van der Waals surface area contributed by atoms with Gasteiger partial charge in [-0.2, -0.15) is 4.98 Å². The number of hydrogen-bond acceptors (Lipinski definition) is 4. The molecule has 0 spiro atoms. The summed E-state index contributed by atoms with van der Waals surface area (Å²) in [6.07, 6.45) is 0.912. The maximum atomic E-state index is 13.6. The molecule has 0 aliphatic carbocycles. The molecule has 2 aromatic rings. The van der Waals surface area contributed by atoms with Crippen molar-refractivity contribution >= 4 is 5.82 Å². The normalized spacial score (nSPS) is 10.3. The molecule has 0 unspecified atom stereocenters. The van der Waals surface area contributed by atoms with Crippen LogP contribution in [0.25, 0.3) is 0 Å². The van der Waals surface area contributed by atoms with E-state index in [1.165, 1.54) is 7.05 Å². The van der Waals surface area contributed by atoms with Crippen LogP contribution in [0.2, 0.25) is 0 Å². The molecule has 21 heavy (non-hydrogen) atoms. The van der Waals surface area contributed by atoms with Crippen LogP contribution in [0.1, 0.15) is 13.3 Å². The second-order valence-electron chi connectivity index (χ2n) is 4.28. The van der Waals surface area contributed by atoms with Crippen molar-refractivity contribution in [1.82, 2.24) is 4.98 Å². The van der Waals surface area contributed by atoms with Crippen molar-refractivity contribution in [2.75, 3.05) is 19.0 Å². The third-order valence-electron chi connectivity index (χ3n) is 2.65. The van der Waals surface area contributed by atoms with Crippen LogP contribution in [0, 0.1) is 11.6 Å². The van der Waals surface area contributed by atoms with Crippen molar-refractivity contribution < 1.29 is 18.3 Å². The molecule has 112 valence electrons. The second-order valence-corrected chi connectivity index (χ2v) is 4.28. The molecular formula is C15H16F2N2O2. The van der Waals surface area contributed by atoms with Gasteiger partial charge in [0.25, 0.3) is 5.88 Å². The zero-order chi connectivity index (χ0) is 15.2. The summed E-state index contributed by atoms with van der Waals surface area (Å²) in [6, 6.07) is 7.42. The molecule has 1 heterocycles. The first kappa shape index (κ1) is 15.0. The van der Waals surface area contributed by atoms with E-state index in [2.05, 4.69) is 10.3 Å². The highest BCUT2D eigenvalue weighted by atomic mass is 19.1. The number of benzene rings is 1. The van der Waals surface area contributed by atoms with E-state index in [0.29, 0.717) is 18.1 Å². The van der Waals surface area contributed by atoms with Gasteiger partial charge in [0.15, 0.2) is 17.5 Å². The third kappa shape index (κ3) is 3.81. The lowest BCUT2D eigenvalue weighted by Gasteiger charge is -2.09. The third-order valence-corrected chi connectivity index (χ3v) is 2.65. The Balaban J connectivity index is 2.14. The number of nitrogens with zero attached hydrogens (tertiary/aromatic N) is 1. The molecule has 2 rings (SSSR count). The number of halogens is 2. The molecule has 0 radical (unpaired) electrons. The van der Waals surface area contributed by atoms with Gasteiger partial charge in [-0.1, -0.05) is 6.92 Å². The van der Waals surface area contributed by atoms with Gasteiger partial charge < -0.3 is 14.8 Å². The van der Waals surface area contributed by atoms with E-state index < -0.39 is 11.6 Å². The van der Waals surface area contributed by atoms with Crippen LogP contribution < -0.4 is 14.8 Å². The van der Waals surface area contributed by atoms with E-state index in [4.69, 9.17) is 9.47 Å². The van der Waals surface area contributed by atoms with Crippen LogP contribution in [0.15, 0.2) is 30.3 Å². The summed E-state index contributed by atoms with van der Waals surface area (Å²) in [4.78, 5) is 3.74. The molecule has 0 amide bonds. The Kier molecular flexibility index (Phi) is 4.92. The number of nitrogens with one attached hydrogen (secondary N) is 1. The zero-order valence-electron chi connectivity index (χ0n) is 11.8. The summed E-state index contributed by atoms with van der Waals surface area (Å²) in [5.41, 5.74) is 0. The fraction of sp³-hybridized carbons (Fsp3) is 0.267. The highest BCUT2D eigenvalue weighted by Crippen LogP contribution is 2.27.